The summed E-state index contributed by atoms with van der Waals surface area (Å²) in [5.41, 5.74) is 1.05. The molecule has 1 aromatic rings. The molecular weight excluding hydrogens is 244 g/mol. The molecule has 0 N–H and O–H groups in total. The maximum absolute atomic E-state index is 12.2. The molecule has 5 heteroatoms. The van der Waals surface area contributed by atoms with E-state index >= 15 is 0 Å². The third-order valence-electron chi connectivity index (χ3n) is 2.88. The van der Waals surface area contributed by atoms with Gasteiger partial charge in [-0.15, -0.1) is 0 Å². The smallest absolute Gasteiger partial charge is 0.263 e. The molecule has 2 rings (SSSR count). The number of Topliss-reactive ketones (excluding diaryl/α,β-unsaturated/α-hetero) is 2. The van der Waals surface area contributed by atoms with Gasteiger partial charge in [0.05, 0.1) is 17.8 Å². The number of rotatable bonds is 4. The molecule has 1 amide bonds. The first kappa shape index (κ1) is 13.1. The van der Waals surface area contributed by atoms with Gasteiger partial charge >= 0.3 is 0 Å². The van der Waals surface area contributed by atoms with Gasteiger partial charge < -0.3 is 0 Å². The number of carbonyl (C=O) groups is 3. The first-order chi connectivity index (χ1) is 9.00. The van der Waals surface area contributed by atoms with Gasteiger partial charge in [0, 0.05) is 0 Å². The Morgan fingerprint density at radius 1 is 1.26 bits per heavy atom. The minimum atomic E-state index is -0.927. The SMILES string of the molecule is CC(=O)CC(=O)C1C(=O)N(c2ccccc2)N=C1C. The number of para-hydroxylation sites is 1. The highest BCUT2D eigenvalue weighted by atomic mass is 16.2. The van der Waals surface area contributed by atoms with Gasteiger partial charge in [0.25, 0.3) is 5.91 Å². The van der Waals surface area contributed by atoms with E-state index in [2.05, 4.69) is 5.10 Å². The topological polar surface area (TPSA) is 66.8 Å². The van der Waals surface area contributed by atoms with E-state index in [1.807, 2.05) is 6.07 Å². The molecule has 5 nitrogen and oxygen atoms in total. The minimum Gasteiger partial charge on any atom is -0.300 e. The summed E-state index contributed by atoms with van der Waals surface area (Å²) in [6.45, 7) is 2.96. The maximum Gasteiger partial charge on any atom is 0.263 e. The average molecular weight is 258 g/mol. The second kappa shape index (κ2) is 5.14. The van der Waals surface area contributed by atoms with E-state index in [0.29, 0.717) is 11.4 Å². The lowest BCUT2D eigenvalue weighted by Gasteiger charge is -2.13. The van der Waals surface area contributed by atoms with E-state index in [0.717, 1.165) is 0 Å². The molecule has 1 atom stereocenters. The summed E-state index contributed by atoms with van der Waals surface area (Å²) in [4.78, 5) is 35.1. The van der Waals surface area contributed by atoms with Crippen LogP contribution in [0, 0.1) is 5.92 Å². The maximum atomic E-state index is 12.2. The van der Waals surface area contributed by atoms with Crippen LogP contribution in [0.3, 0.4) is 0 Å². The Balaban J connectivity index is 2.24. The molecular formula is C14H14N2O3. The Hall–Kier alpha value is -2.30. The van der Waals surface area contributed by atoms with Crippen molar-refractivity contribution in [2.45, 2.75) is 20.3 Å². The van der Waals surface area contributed by atoms with Crippen molar-refractivity contribution >= 4 is 28.9 Å². The van der Waals surface area contributed by atoms with Crippen LogP contribution in [0.4, 0.5) is 5.69 Å². The highest BCUT2D eigenvalue weighted by molar-refractivity contribution is 6.28. The fraction of sp³-hybridized carbons (Fsp3) is 0.286. The molecule has 1 aromatic carbocycles. The average Bonchev–Trinajstić information content (AvgIpc) is 2.65. The van der Waals surface area contributed by atoms with E-state index < -0.39 is 17.6 Å². The van der Waals surface area contributed by atoms with Crippen molar-refractivity contribution in [2.24, 2.45) is 11.0 Å². The highest BCUT2D eigenvalue weighted by Gasteiger charge is 2.39. The Kier molecular flexibility index (Phi) is 3.55. The Bertz CT molecular complexity index is 563. The summed E-state index contributed by atoms with van der Waals surface area (Å²) >= 11 is 0. The fourth-order valence-corrected chi connectivity index (χ4v) is 2.04. The van der Waals surface area contributed by atoms with Crippen LogP contribution in [0.2, 0.25) is 0 Å². The molecule has 0 saturated carbocycles. The van der Waals surface area contributed by atoms with Crippen molar-refractivity contribution in [3.8, 4) is 0 Å². The number of carbonyl (C=O) groups excluding carboxylic acids is 3. The molecule has 0 bridgehead atoms. The molecule has 0 aromatic heterocycles. The van der Waals surface area contributed by atoms with Crippen molar-refractivity contribution in [2.75, 3.05) is 5.01 Å². The lowest BCUT2D eigenvalue weighted by atomic mass is 9.96. The Morgan fingerprint density at radius 2 is 1.89 bits per heavy atom. The number of hydrogen-bond acceptors (Lipinski definition) is 4. The van der Waals surface area contributed by atoms with Gasteiger partial charge in [-0.2, -0.15) is 10.1 Å². The summed E-state index contributed by atoms with van der Waals surface area (Å²) in [6.07, 6.45) is -0.230. The predicted octanol–water partition coefficient (Wildman–Crippen LogP) is 1.57. The van der Waals surface area contributed by atoms with E-state index in [1.54, 1.807) is 31.2 Å². The van der Waals surface area contributed by atoms with Crippen molar-refractivity contribution in [3.05, 3.63) is 30.3 Å². The third kappa shape index (κ3) is 2.59. The monoisotopic (exact) mass is 258 g/mol. The van der Waals surface area contributed by atoms with Gasteiger partial charge in [0.1, 0.15) is 11.7 Å². The van der Waals surface area contributed by atoms with E-state index in [9.17, 15) is 14.4 Å². The van der Waals surface area contributed by atoms with Gasteiger partial charge in [0.2, 0.25) is 0 Å². The van der Waals surface area contributed by atoms with Crippen LogP contribution in [0.5, 0.6) is 0 Å². The van der Waals surface area contributed by atoms with Crippen molar-refractivity contribution < 1.29 is 14.4 Å². The van der Waals surface area contributed by atoms with Crippen LogP contribution in [-0.2, 0) is 14.4 Å². The number of nitrogens with zero attached hydrogens (tertiary/aromatic N) is 2. The Morgan fingerprint density at radius 3 is 2.47 bits per heavy atom. The summed E-state index contributed by atoms with van der Waals surface area (Å²) < 4.78 is 0. The van der Waals surface area contributed by atoms with Crippen molar-refractivity contribution in [1.29, 1.82) is 0 Å². The predicted molar refractivity (Wildman–Crippen MR) is 70.8 cm³/mol. The molecule has 1 aliphatic rings. The van der Waals surface area contributed by atoms with Crippen LogP contribution in [0.1, 0.15) is 20.3 Å². The first-order valence-electron chi connectivity index (χ1n) is 5.97. The number of hydrazone groups is 1. The second-order valence-electron chi connectivity index (χ2n) is 4.51. The molecule has 0 fully saturated rings. The molecule has 1 aliphatic heterocycles. The fourth-order valence-electron chi connectivity index (χ4n) is 2.04. The molecule has 0 radical (unpaired) electrons. The number of ketones is 2. The number of anilines is 1. The van der Waals surface area contributed by atoms with Crippen LogP contribution < -0.4 is 5.01 Å². The minimum absolute atomic E-state index is 0.230. The standard InChI is InChI=1S/C14H14N2O3/c1-9(17)8-12(18)13-10(2)15-16(14(13)19)11-6-4-3-5-7-11/h3-7,13H,8H2,1-2H3. The zero-order valence-corrected chi connectivity index (χ0v) is 10.8. The van der Waals surface area contributed by atoms with Gasteiger partial charge in [-0.25, -0.2) is 0 Å². The zero-order valence-electron chi connectivity index (χ0n) is 10.8. The van der Waals surface area contributed by atoms with E-state index in [-0.39, 0.29) is 12.2 Å². The van der Waals surface area contributed by atoms with Crippen LogP contribution in [0.15, 0.2) is 35.4 Å². The van der Waals surface area contributed by atoms with Crippen LogP contribution in [-0.4, -0.2) is 23.2 Å². The lowest BCUT2D eigenvalue weighted by molar-refractivity contribution is -0.131. The third-order valence-corrected chi connectivity index (χ3v) is 2.88. The largest absolute Gasteiger partial charge is 0.300 e. The molecule has 0 spiro atoms. The number of hydrogen-bond donors (Lipinski definition) is 0. The van der Waals surface area contributed by atoms with Gasteiger partial charge in [-0.05, 0) is 26.0 Å². The number of benzene rings is 1. The second-order valence-corrected chi connectivity index (χ2v) is 4.51. The van der Waals surface area contributed by atoms with Gasteiger partial charge in [-0.3, -0.25) is 14.4 Å². The van der Waals surface area contributed by atoms with Crippen LogP contribution >= 0.6 is 0 Å². The van der Waals surface area contributed by atoms with E-state index in [4.69, 9.17) is 0 Å². The zero-order chi connectivity index (χ0) is 14.0. The molecule has 0 saturated heterocycles. The summed E-state index contributed by atoms with van der Waals surface area (Å²) in [6, 6.07) is 8.90. The molecule has 1 heterocycles. The summed E-state index contributed by atoms with van der Waals surface area (Å²) in [5.74, 6) is -1.96. The van der Waals surface area contributed by atoms with Crippen molar-refractivity contribution in [1.82, 2.24) is 0 Å². The summed E-state index contributed by atoms with van der Waals surface area (Å²) in [5, 5.41) is 5.34. The van der Waals surface area contributed by atoms with Crippen molar-refractivity contribution in [3.63, 3.8) is 0 Å². The van der Waals surface area contributed by atoms with E-state index in [1.165, 1.54) is 11.9 Å². The summed E-state index contributed by atoms with van der Waals surface area (Å²) in [7, 11) is 0. The Labute approximate surface area is 110 Å². The lowest BCUT2D eigenvalue weighted by Crippen LogP contribution is -2.33. The normalized spacial score (nSPS) is 18.4. The first-order valence-corrected chi connectivity index (χ1v) is 5.97. The molecule has 19 heavy (non-hydrogen) atoms. The quantitative estimate of drug-likeness (QED) is 0.770. The van der Waals surface area contributed by atoms with Crippen LogP contribution in [0.25, 0.3) is 0 Å². The number of amides is 1. The van der Waals surface area contributed by atoms with Gasteiger partial charge in [0.15, 0.2) is 5.78 Å². The molecule has 0 aliphatic carbocycles. The molecule has 1 unspecified atom stereocenters. The highest BCUT2D eigenvalue weighted by Crippen LogP contribution is 2.24. The van der Waals surface area contributed by atoms with Gasteiger partial charge in [-0.1, -0.05) is 18.2 Å². The molecule has 98 valence electrons.